The first-order valence-corrected chi connectivity index (χ1v) is 4.72. The molecule has 3 heteroatoms. The number of nitrogen functional groups attached to an aromatic ring is 2. The Balaban J connectivity index is 2.61. The predicted octanol–water partition coefficient (Wildman–Crippen LogP) is 2.75. The predicted molar refractivity (Wildman–Crippen MR) is 62.5 cm³/mol. The highest BCUT2D eigenvalue weighted by Crippen LogP contribution is 2.33. The van der Waals surface area contributed by atoms with Gasteiger partial charge in [-0.3, -0.25) is 0 Å². The van der Waals surface area contributed by atoms with Gasteiger partial charge in [-0.05, 0) is 30.3 Å². The number of nitrogens with two attached hydrogens (primary N) is 2. The van der Waals surface area contributed by atoms with Crippen LogP contribution >= 0.6 is 0 Å². The van der Waals surface area contributed by atoms with E-state index < -0.39 is 0 Å². The van der Waals surface area contributed by atoms with Gasteiger partial charge in [0.1, 0.15) is 11.2 Å². The van der Waals surface area contributed by atoms with Crippen molar-refractivity contribution in [3.05, 3.63) is 36.4 Å². The van der Waals surface area contributed by atoms with Gasteiger partial charge in [0.15, 0.2) is 0 Å². The molecule has 0 spiro atoms. The molecular formula is C12H10N2O. The van der Waals surface area contributed by atoms with Crippen molar-refractivity contribution in [2.24, 2.45) is 0 Å². The van der Waals surface area contributed by atoms with E-state index in [9.17, 15) is 0 Å². The molecule has 0 saturated carbocycles. The number of fused-ring (bicyclic) bond motifs is 3. The average molecular weight is 198 g/mol. The van der Waals surface area contributed by atoms with Crippen molar-refractivity contribution in [3.8, 4) is 0 Å². The third-order valence-electron chi connectivity index (χ3n) is 2.55. The Morgan fingerprint density at radius 2 is 1.80 bits per heavy atom. The van der Waals surface area contributed by atoms with Crippen molar-refractivity contribution in [1.82, 2.24) is 0 Å². The summed E-state index contributed by atoms with van der Waals surface area (Å²) in [5.74, 6) is 0. The van der Waals surface area contributed by atoms with Crippen molar-refractivity contribution in [2.75, 3.05) is 11.5 Å². The number of benzene rings is 2. The van der Waals surface area contributed by atoms with E-state index in [0.717, 1.165) is 27.6 Å². The van der Waals surface area contributed by atoms with Crippen LogP contribution in [0.2, 0.25) is 0 Å². The van der Waals surface area contributed by atoms with Crippen molar-refractivity contribution >= 4 is 33.3 Å². The van der Waals surface area contributed by atoms with Crippen LogP contribution in [0.5, 0.6) is 0 Å². The summed E-state index contributed by atoms with van der Waals surface area (Å²) in [6, 6.07) is 11.2. The largest absolute Gasteiger partial charge is 0.456 e. The summed E-state index contributed by atoms with van der Waals surface area (Å²) in [5, 5.41) is 1.92. The molecule has 3 nitrogen and oxygen atoms in total. The van der Waals surface area contributed by atoms with Gasteiger partial charge in [-0.25, -0.2) is 0 Å². The van der Waals surface area contributed by atoms with Crippen LogP contribution in [0.3, 0.4) is 0 Å². The second kappa shape index (κ2) is 2.67. The van der Waals surface area contributed by atoms with Crippen molar-refractivity contribution < 1.29 is 4.42 Å². The van der Waals surface area contributed by atoms with E-state index in [4.69, 9.17) is 15.9 Å². The van der Waals surface area contributed by atoms with Gasteiger partial charge in [0, 0.05) is 16.8 Å². The highest BCUT2D eigenvalue weighted by Gasteiger charge is 2.08. The fourth-order valence-corrected chi connectivity index (χ4v) is 1.87. The van der Waals surface area contributed by atoms with Crippen molar-refractivity contribution in [1.29, 1.82) is 0 Å². The van der Waals surface area contributed by atoms with Crippen LogP contribution in [-0.2, 0) is 0 Å². The molecule has 0 atom stereocenters. The monoisotopic (exact) mass is 198 g/mol. The number of hydrogen-bond donors (Lipinski definition) is 2. The number of hydrogen-bond acceptors (Lipinski definition) is 3. The molecule has 0 aliphatic heterocycles. The Labute approximate surface area is 86.3 Å². The first kappa shape index (κ1) is 8.17. The molecule has 1 aromatic heterocycles. The molecule has 0 amide bonds. The number of furan rings is 1. The SMILES string of the molecule is Nc1ccc2oc3cccc(N)c3c2c1. The Morgan fingerprint density at radius 1 is 0.933 bits per heavy atom. The lowest BCUT2D eigenvalue weighted by atomic mass is 10.1. The second-order valence-corrected chi connectivity index (χ2v) is 3.58. The van der Waals surface area contributed by atoms with Crippen LogP contribution in [0, 0.1) is 0 Å². The molecule has 3 rings (SSSR count). The van der Waals surface area contributed by atoms with E-state index in [1.807, 2.05) is 36.4 Å². The quantitative estimate of drug-likeness (QED) is 0.546. The Hall–Kier alpha value is -2.16. The fourth-order valence-electron chi connectivity index (χ4n) is 1.87. The second-order valence-electron chi connectivity index (χ2n) is 3.58. The van der Waals surface area contributed by atoms with Crippen LogP contribution in [0.25, 0.3) is 21.9 Å². The topological polar surface area (TPSA) is 65.2 Å². The standard InChI is InChI=1S/C12H10N2O/c13-7-4-5-10-8(6-7)12-9(14)2-1-3-11(12)15-10/h1-6H,13-14H2. The molecule has 15 heavy (non-hydrogen) atoms. The molecule has 0 fully saturated rings. The van der Waals surface area contributed by atoms with E-state index in [-0.39, 0.29) is 0 Å². The van der Waals surface area contributed by atoms with E-state index >= 15 is 0 Å². The molecule has 74 valence electrons. The van der Waals surface area contributed by atoms with Crippen LogP contribution in [0.4, 0.5) is 11.4 Å². The van der Waals surface area contributed by atoms with Crippen LogP contribution in [0.1, 0.15) is 0 Å². The third-order valence-corrected chi connectivity index (χ3v) is 2.55. The molecule has 1 heterocycles. The summed E-state index contributed by atoms with van der Waals surface area (Å²) in [6.45, 7) is 0. The minimum atomic E-state index is 0.716. The fraction of sp³-hybridized carbons (Fsp3) is 0. The summed E-state index contributed by atoms with van der Waals surface area (Å²) < 4.78 is 5.65. The molecular weight excluding hydrogens is 188 g/mol. The molecule has 0 bridgehead atoms. The summed E-state index contributed by atoms with van der Waals surface area (Å²) >= 11 is 0. The minimum Gasteiger partial charge on any atom is -0.456 e. The van der Waals surface area contributed by atoms with E-state index in [0.29, 0.717) is 5.69 Å². The maximum Gasteiger partial charge on any atom is 0.137 e. The van der Waals surface area contributed by atoms with Gasteiger partial charge in [-0.15, -0.1) is 0 Å². The summed E-state index contributed by atoms with van der Waals surface area (Å²) in [6.07, 6.45) is 0. The average Bonchev–Trinajstić information content (AvgIpc) is 2.57. The summed E-state index contributed by atoms with van der Waals surface area (Å²) in [4.78, 5) is 0. The zero-order chi connectivity index (χ0) is 10.4. The van der Waals surface area contributed by atoms with Gasteiger partial charge in [0.25, 0.3) is 0 Å². The highest BCUT2D eigenvalue weighted by atomic mass is 16.3. The molecule has 0 aliphatic rings. The molecule has 4 N–H and O–H groups in total. The van der Waals surface area contributed by atoms with Gasteiger partial charge < -0.3 is 15.9 Å². The minimum absolute atomic E-state index is 0.716. The molecule has 0 unspecified atom stereocenters. The number of anilines is 2. The third kappa shape index (κ3) is 1.06. The van der Waals surface area contributed by atoms with Crippen molar-refractivity contribution in [2.45, 2.75) is 0 Å². The Bertz CT molecular complexity index is 655. The lowest BCUT2D eigenvalue weighted by Crippen LogP contribution is -1.85. The van der Waals surface area contributed by atoms with Gasteiger partial charge >= 0.3 is 0 Å². The first-order chi connectivity index (χ1) is 7.25. The van der Waals surface area contributed by atoms with E-state index in [1.54, 1.807) is 0 Å². The number of rotatable bonds is 0. The van der Waals surface area contributed by atoms with Gasteiger partial charge in [0.2, 0.25) is 0 Å². The zero-order valence-corrected chi connectivity index (χ0v) is 8.03. The molecule has 2 aromatic carbocycles. The lowest BCUT2D eigenvalue weighted by Gasteiger charge is -1.95. The van der Waals surface area contributed by atoms with Crippen LogP contribution < -0.4 is 11.5 Å². The van der Waals surface area contributed by atoms with Gasteiger partial charge in [-0.2, -0.15) is 0 Å². The first-order valence-electron chi connectivity index (χ1n) is 4.72. The molecule has 0 radical (unpaired) electrons. The molecule has 3 aromatic rings. The Kier molecular flexibility index (Phi) is 1.45. The van der Waals surface area contributed by atoms with Crippen molar-refractivity contribution in [3.63, 3.8) is 0 Å². The van der Waals surface area contributed by atoms with E-state index in [1.165, 1.54) is 0 Å². The summed E-state index contributed by atoms with van der Waals surface area (Å²) in [5.41, 5.74) is 14.7. The maximum absolute atomic E-state index is 5.92. The van der Waals surface area contributed by atoms with Gasteiger partial charge in [0.05, 0.1) is 5.39 Å². The van der Waals surface area contributed by atoms with Crippen LogP contribution in [-0.4, -0.2) is 0 Å². The zero-order valence-electron chi connectivity index (χ0n) is 8.03. The highest BCUT2D eigenvalue weighted by molar-refractivity contribution is 6.11. The lowest BCUT2D eigenvalue weighted by molar-refractivity contribution is 0.669. The van der Waals surface area contributed by atoms with E-state index in [2.05, 4.69) is 0 Å². The normalized spacial score (nSPS) is 11.2. The molecule has 0 aliphatic carbocycles. The van der Waals surface area contributed by atoms with Gasteiger partial charge in [-0.1, -0.05) is 6.07 Å². The molecule has 0 saturated heterocycles. The van der Waals surface area contributed by atoms with Crippen LogP contribution in [0.15, 0.2) is 40.8 Å². The maximum atomic E-state index is 5.92. The summed E-state index contributed by atoms with van der Waals surface area (Å²) in [7, 11) is 0. The Morgan fingerprint density at radius 3 is 2.67 bits per heavy atom. The smallest absolute Gasteiger partial charge is 0.137 e.